The Morgan fingerprint density at radius 2 is 1.43 bits per heavy atom. The predicted molar refractivity (Wildman–Crippen MR) is 226 cm³/mol. The highest BCUT2D eigenvalue weighted by molar-refractivity contribution is 8.03. The molecule has 0 aromatic heterocycles. The number of unbranched alkanes of at least 4 members (excludes halogenated alkanes) is 13. The molecule has 4 rings (SSSR count). The zero-order chi connectivity index (χ0) is 38.6. The Bertz CT molecular complexity index is 1630. The van der Waals surface area contributed by atoms with Gasteiger partial charge in [0.1, 0.15) is 0 Å². The minimum Gasteiger partial charge on any atom is -0.481 e. The molecule has 2 aliphatic rings. The van der Waals surface area contributed by atoms with Gasteiger partial charge in [0.05, 0.1) is 35.6 Å². The number of rotatable bonds is 26. The van der Waals surface area contributed by atoms with Gasteiger partial charge >= 0.3 is 11.9 Å². The quantitative estimate of drug-likeness (QED) is 0.0555. The molecule has 1 fully saturated rings. The van der Waals surface area contributed by atoms with E-state index < -0.39 is 11.9 Å². The minimum absolute atomic E-state index is 0.0400. The van der Waals surface area contributed by atoms with Crippen molar-refractivity contribution in [3.8, 4) is 6.07 Å². The van der Waals surface area contributed by atoms with E-state index in [0.29, 0.717) is 18.7 Å². The van der Waals surface area contributed by atoms with Gasteiger partial charge in [0.25, 0.3) is 0 Å². The second-order valence-electron chi connectivity index (χ2n) is 15.3. The first kappa shape index (κ1) is 43.0. The highest BCUT2D eigenvalue weighted by Crippen LogP contribution is 2.54. The zero-order valence-electron chi connectivity index (χ0n) is 33.1. The van der Waals surface area contributed by atoms with E-state index in [1.54, 1.807) is 11.8 Å². The van der Waals surface area contributed by atoms with E-state index in [4.69, 9.17) is 0 Å². The summed E-state index contributed by atoms with van der Waals surface area (Å²) in [6, 6.07) is 15.4. The molecule has 2 unspecified atom stereocenters. The molecular weight excluding hydrogens is 691 g/mol. The van der Waals surface area contributed by atoms with E-state index in [2.05, 4.69) is 72.2 Å². The van der Waals surface area contributed by atoms with Gasteiger partial charge in [-0.2, -0.15) is 5.26 Å². The van der Waals surface area contributed by atoms with Gasteiger partial charge in [-0.3, -0.25) is 9.59 Å². The number of benzene rings is 2. The molecule has 2 aromatic rings. The standard InChI is InChI=1S/C46H65N3O4S/c1-3-5-7-9-11-13-15-19-31-46(30-18-14-12-10-8-6-4-2)41(26-22-37(36-47)23-27-42-48(34-35-54-42)32-28-43(50)51)49(33-29-44(52)53)40-25-24-38-20-16-17-21-39(38)45(40)46/h16-17,20-27,41H,3-15,18-19,28-35H2,1-2H3,(H,50,51)(H,52,53)/b26-22+,37-23-,42-27-. The Balaban J connectivity index is 1.74. The SMILES string of the molecule is CCCCCCCCCCC1(CCCCCCCCC)c2c(ccc3ccccc23)N(CCC(=O)O)C1/C=C/C(C#N)=C/C=C1\SCCN1CCC(=O)O. The van der Waals surface area contributed by atoms with Crippen LogP contribution >= 0.6 is 11.8 Å². The first-order valence-corrected chi connectivity index (χ1v) is 21.9. The fraction of sp³-hybridized carbons (Fsp3) is 0.587. The Labute approximate surface area is 329 Å². The van der Waals surface area contributed by atoms with Crippen LogP contribution in [0, 0.1) is 11.3 Å². The predicted octanol–water partition coefficient (Wildman–Crippen LogP) is 11.8. The number of hydrogen-bond donors (Lipinski definition) is 2. The lowest BCUT2D eigenvalue weighted by Gasteiger charge is -2.39. The molecule has 0 spiro atoms. The molecule has 1 saturated heterocycles. The first-order valence-electron chi connectivity index (χ1n) is 20.9. The third-order valence-electron chi connectivity index (χ3n) is 11.4. The van der Waals surface area contributed by atoms with E-state index in [-0.39, 0.29) is 24.3 Å². The first-order chi connectivity index (χ1) is 26.3. The van der Waals surface area contributed by atoms with Gasteiger partial charge in [-0.25, -0.2) is 0 Å². The Morgan fingerprint density at radius 3 is 2.04 bits per heavy atom. The van der Waals surface area contributed by atoms with Crippen LogP contribution in [0.4, 0.5) is 5.69 Å². The Hall–Kier alpha value is -3.70. The van der Waals surface area contributed by atoms with Crippen molar-refractivity contribution in [3.63, 3.8) is 0 Å². The number of allylic oxidation sites excluding steroid dienone is 4. The number of nitriles is 1. The summed E-state index contributed by atoms with van der Waals surface area (Å²) in [7, 11) is 0. The highest BCUT2D eigenvalue weighted by Gasteiger charge is 2.49. The van der Waals surface area contributed by atoms with Crippen LogP contribution in [0.15, 0.2) is 71.3 Å². The van der Waals surface area contributed by atoms with Crippen molar-refractivity contribution in [3.05, 3.63) is 76.9 Å². The molecule has 294 valence electrons. The number of fused-ring (bicyclic) bond motifs is 3. The molecule has 0 bridgehead atoms. The molecular formula is C46H65N3O4S. The molecule has 0 saturated carbocycles. The van der Waals surface area contributed by atoms with Gasteiger partial charge in [0.2, 0.25) is 0 Å². The van der Waals surface area contributed by atoms with Gasteiger partial charge in [-0.05, 0) is 53.5 Å². The lowest BCUT2D eigenvalue weighted by Crippen LogP contribution is -2.44. The fourth-order valence-electron chi connectivity index (χ4n) is 8.58. The van der Waals surface area contributed by atoms with E-state index >= 15 is 0 Å². The van der Waals surface area contributed by atoms with Crippen LogP contribution < -0.4 is 4.90 Å². The number of aliphatic carboxylic acids is 2. The van der Waals surface area contributed by atoms with Crippen LogP contribution in [-0.2, 0) is 15.0 Å². The molecule has 8 heteroatoms. The molecule has 0 aliphatic carbocycles. The van der Waals surface area contributed by atoms with E-state index in [9.17, 15) is 25.1 Å². The third-order valence-corrected chi connectivity index (χ3v) is 12.5. The molecule has 0 radical (unpaired) electrons. The van der Waals surface area contributed by atoms with Crippen molar-refractivity contribution in [2.75, 3.05) is 30.3 Å². The van der Waals surface area contributed by atoms with Crippen LogP contribution in [0.25, 0.3) is 10.8 Å². The molecule has 2 aromatic carbocycles. The summed E-state index contributed by atoms with van der Waals surface area (Å²) in [4.78, 5) is 27.8. The average Bonchev–Trinajstić information content (AvgIpc) is 3.73. The fourth-order valence-corrected chi connectivity index (χ4v) is 9.63. The van der Waals surface area contributed by atoms with Crippen LogP contribution in [0.3, 0.4) is 0 Å². The lowest BCUT2D eigenvalue weighted by molar-refractivity contribution is -0.138. The maximum Gasteiger partial charge on any atom is 0.305 e. The van der Waals surface area contributed by atoms with Crippen molar-refractivity contribution >= 4 is 40.2 Å². The second kappa shape index (κ2) is 23.3. The number of carboxylic acid groups (broad SMARTS) is 2. The molecule has 0 amide bonds. The summed E-state index contributed by atoms with van der Waals surface area (Å²) in [5.41, 5.74) is 2.79. The summed E-state index contributed by atoms with van der Waals surface area (Å²) in [5.74, 6) is -0.727. The molecule has 2 heterocycles. The number of hydrogen-bond acceptors (Lipinski definition) is 6. The van der Waals surface area contributed by atoms with Crippen molar-refractivity contribution < 1.29 is 19.8 Å². The summed E-state index contributed by atoms with van der Waals surface area (Å²) in [5, 5.41) is 33.0. The van der Waals surface area contributed by atoms with Crippen LogP contribution in [-0.4, -0.2) is 58.5 Å². The number of nitrogens with zero attached hydrogens (tertiary/aromatic N) is 3. The minimum atomic E-state index is -0.813. The van der Waals surface area contributed by atoms with E-state index in [1.165, 1.54) is 99.8 Å². The number of carbonyl (C=O) groups is 2. The third kappa shape index (κ3) is 12.4. The van der Waals surface area contributed by atoms with Crippen molar-refractivity contribution in [1.29, 1.82) is 5.26 Å². The van der Waals surface area contributed by atoms with Gasteiger partial charge in [0.15, 0.2) is 0 Å². The second-order valence-corrected chi connectivity index (χ2v) is 16.4. The van der Waals surface area contributed by atoms with Crippen molar-refractivity contribution in [1.82, 2.24) is 4.90 Å². The van der Waals surface area contributed by atoms with Crippen LogP contribution in [0.1, 0.15) is 141 Å². The van der Waals surface area contributed by atoms with Crippen LogP contribution in [0.2, 0.25) is 0 Å². The Kier molecular flexibility index (Phi) is 18.5. The molecule has 2 atom stereocenters. The van der Waals surface area contributed by atoms with Gasteiger partial charge in [0, 0.05) is 36.5 Å². The zero-order valence-corrected chi connectivity index (χ0v) is 33.9. The lowest BCUT2D eigenvalue weighted by atomic mass is 9.68. The molecule has 54 heavy (non-hydrogen) atoms. The summed E-state index contributed by atoms with van der Waals surface area (Å²) in [6.07, 6.45) is 28.7. The summed E-state index contributed by atoms with van der Waals surface area (Å²) in [6.45, 7) is 6.17. The number of carboxylic acids is 2. The maximum absolute atomic E-state index is 12.1. The number of thioether (sulfide) groups is 1. The smallest absolute Gasteiger partial charge is 0.305 e. The van der Waals surface area contributed by atoms with Gasteiger partial charge in [-0.15, -0.1) is 11.8 Å². The summed E-state index contributed by atoms with van der Waals surface area (Å²) >= 11 is 1.69. The highest BCUT2D eigenvalue weighted by atomic mass is 32.2. The van der Waals surface area contributed by atoms with E-state index in [1.807, 2.05) is 18.2 Å². The molecule has 2 N–H and O–H groups in total. The van der Waals surface area contributed by atoms with Crippen LogP contribution in [0.5, 0.6) is 0 Å². The van der Waals surface area contributed by atoms with E-state index in [0.717, 1.165) is 48.7 Å². The monoisotopic (exact) mass is 755 g/mol. The van der Waals surface area contributed by atoms with Crippen molar-refractivity contribution in [2.45, 2.75) is 147 Å². The largest absolute Gasteiger partial charge is 0.481 e. The van der Waals surface area contributed by atoms with Gasteiger partial charge < -0.3 is 20.0 Å². The average molecular weight is 756 g/mol. The normalized spacial score (nSPS) is 19.3. The van der Waals surface area contributed by atoms with Gasteiger partial charge in [-0.1, -0.05) is 147 Å². The molecule has 7 nitrogen and oxygen atoms in total. The van der Waals surface area contributed by atoms with Crippen molar-refractivity contribution in [2.24, 2.45) is 0 Å². The topological polar surface area (TPSA) is 105 Å². The number of anilines is 1. The molecule has 2 aliphatic heterocycles. The summed E-state index contributed by atoms with van der Waals surface area (Å²) < 4.78 is 0. The Morgan fingerprint density at radius 1 is 0.833 bits per heavy atom. The maximum atomic E-state index is 12.1.